The number of aromatic nitrogens is 2. The first-order chi connectivity index (χ1) is 15.7. The predicted molar refractivity (Wildman–Crippen MR) is 126 cm³/mol. The summed E-state index contributed by atoms with van der Waals surface area (Å²) in [6.07, 6.45) is 5.12. The van der Waals surface area contributed by atoms with E-state index in [1.807, 2.05) is 17.0 Å². The van der Waals surface area contributed by atoms with Gasteiger partial charge < -0.3 is 4.90 Å². The molecule has 1 saturated heterocycles. The number of amides is 1. The summed E-state index contributed by atoms with van der Waals surface area (Å²) in [5, 5.41) is 0.890. The maximum atomic E-state index is 13.3. The van der Waals surface area contributed by atoms with E-state index in [1.165, 1.54) is 16.7 Å². The molecule has 1 unspecified atom stereocenters. The molecule has 0 radical (unpaired) electrons. The molecular formula is C27H26N4O. The number of benzene rings is 2. The van der Waals surface area contributed by atoms with Crippen molar-refractivity contribution in [2.75, 3.05) is 26.2 Å². The first-order valence-electron chi connectivity index (χ1n) is 11.0. The summed E-state index contributed by atoms with van der Waals surface area (Å²) in [7, 11) is 0. The van der Waals surface area contributed by atoms with Gasteiger partial charge in [-0.2, -0.15) is 0 Å². The van der Waals surface area contributed by atoms with E-state index in [0.29, 0.717) is 18.7 Å². The molecule has 5 nitrogen and oxygen atoms in total. The van der Waals surface area contributed by atoms with Crippen molar-refractivity contribution >= 4 is 16.8 Å². The summed E-state index contributed by atoms with van der Waals surface area (Å²) < 4.78 is 0. The number of hydrogen-bond acceptors (Lipinski definition) is 4. The van der Waals surface area contributed by atoms with Crippen LogP contribution in [0.1, 0.15) is 33.1 Å². The smallest absolute Gasteiger partial charge is 0.257 e. The van der Waals surface area contributed by atoms with Gasteiger partial charge in [-0.05, 0) is 35.7 Å². The fourth-order valence-electron chi connectivity index (χ4n) is 4.63. The van der Waals surface area contributed by atoms with Gasteiger partial charge in [0.05, 0.1) is 17.1 Å². The minimum Gasteiger partial charge on any atom is -0.336 e. The zero-order chi connectivity index (χ0) is 21.9. The maximum Gasteiger partial charge on any atom is 0.257 e. The lowest BCUT2D eigenvalue weighted by atomic mass is 9.93. The number of carbonyl (C=O) groups is 1. The Morgan fingerprint density at radius 1 is 0.875 bits per heavy atom. The number of hydrogen-bond donors (Lipinski definition) is 0. The molecule has 1 aliphatic rings. The van der Waals surface area contributed by atoms with Crippen LogP contribution < -0.4 is 0 Å². The van der Waals surface area contributed by atoms with Crippen molar-refractivity contribution in [1.29, 1.82) is 0 Å². The lowest BCUT2D eigenvalue weighted by Gasteiger charge is -2.40. The highest BCUT2D eigenvalue weighted by Gasteiger charge is 2.30. The summed E-state index contributed by atoms with van der Waals surface area (Å²) >= 11 is 0. The Labute approximate surface area is 188 Å². The van der Waals surface area contributed by atoms with E-state index in [0.717, 1.165) is 24.0 Å². The van der Waals surface area contributed by atoms with Gasteiger partial charge in [-0.3, -0.25) is 19.7 Å². The van der Waals surface area contributed by atoms with E-state index >= 15 is 0 Å². The third-order valence-electron chi connectivity index (χ3n) is 6.31. The van der Waals surface area contributed by atoms with Crippen LogP contribution in [0, 0.1) is 6.92 Å². The van der Waals surface area contributed by atoms with Crippen molar-refractivity contribution in [2.24, 2.45) is 0 Å². The lowest BCUT2D eigenvalue weighted by molar-refractivity contribution is 0.0598. The monoisotopic (exact) mass is 422 g/mol. The Morgan fingerprint density at radius 2 is 1.62 bits per heavy atom. The average Bonchev–Trinajstić information content (AvgIpc) is 2.86. The SMILES string of the molecule is Cc1ccccc1C(c1ccccc1)N1CCN(C(=O)c2cncc3cccnc23)CC1. The first kappa shape index (κ1) is 20.3. The molecule has 1 fully saturated rings. The standard InChI is InChI=1S/C27H26N4O/c1-20-8-5-6-12-23(20)26(21-9-3-2-4-10-21)30-14-16-31(17-15-30)27(32)24-19-28-18-22-11-7-13-29-25(22)24/h2-13,18-19,26H,14-17H2,1H3. The van der Waals surface area contributed by atoms with Crippen LogP contribution in [0.3, 0.4) is 0 Å². The summed E-state index contributed by atoms with van der Waals surface area (Å²) in [4.78, 5) is 26.4. The normalized spacial score (nSPS) is 15.6. The molecule has 3 heterocycles. The van der Waals surface area contributed by atoms with E-state index < -0.39 is 0 Å². The van der Waals surface area contributed by atoms with E-state index in [2.05, 4.69) is 76.4 Å². The highest BCUT2D eigenvalue weighted by molar-refractivity contribution is 6.04. The highest BCUT2D eigenvalue weighted by atomic mass is 16.2. The Morgan fingerprint density at radius 3 is 2.41 bits per heavy atom. The topological polar surface area (TPSA) is 49.3 Å². The van der Waals surface area contributed by atoms with Gasteiger partial charge in [0.2, 0.25) is 0 Å². The van der Waals surface area contributed by atoms with Crippen molar-refractivity contribution < 1.29 is 4.79 Å². The second-order valence-corrected chi connectivity index (χ2v) is 8.26. The van der Waals surface area contributed by atoms with Crippen LogP contribution in [0.2, 0.25) is 0 Å². The summed E-state index contributed by atoms with van der Waals surface area (Å²) in [5.41, 5.74) is 5.18. The molecule has 1 amide bonds. The van der Waals surface area contributed by atoms with Gasteiger partial charge in [0.25, 0.3) is 5.91 Å². The molecule has 2 aromatic carbocycles. The van der Waals surface area contributed by atoms with Gasteiger partial charge in [-0.25, -0.2) is 0 Å². The van der Waals surface area contributed by atoms with E-state index in [-0.39, 0.29) is 11.9 Å². The van der Waals surface area contributed by atoms with Crippen LogP contribution in [-0.2, 0) is 0 Å². The first-order valence-corrected chi connectivity index (χ1v) is 11.0. The van der Waals surface area contributed by atoms with Gasteiger partial charge in [0.1, 0.15) is 0 Å². The van der Waals surface area contributed by atoms with Gasteiger partial charge in [0.15, 0.2) is 0 Å². The quantitative estimate of drug-likeness (QED) is 0.486. The second kappa shape index (κ2) is 8.89. The number of pyridine rings is 2. The van der Waals surface area contributed by atoms with Crippen molar-refractivity contribution in [3.63, 3.8) is 0 Å². The Hall–Kier alpha value is -3.57. The van der Waals surface area contributed by atoms with E-state index in [9.17, 15) is 4.79 Å². The van der Waals surface area contributed by atoms with Gasteiger partial charge >= 0.3 is 0 Å². The third-order valence-corrected chi connectivity index (χ3v) is 6.31. The molecule has 1 atom stereocenters. The van der Waals surface area contributed by atoms with Crippen LogP contribution >= 0.6 is 0 Å². The van der Waals surface area contributed by atoms with Crippen LogP contribution in [0.15, 0.2) is 85.3 Å². The van der Waals surface area contributed by atoms with Crippen LogP contribution in [-0.4, -0.2) is 51.9 Å². The fraction of sp³-hybridized carbons (Fsp3) is 0.222. The predicted octanol–water partition coefficient (Wildman–Crippen LogP) is 4.49. The molecular weight excluding hydrogens is 396 g/mol. The molecule has 5 rings (SSSR count). The number of fused-ring (bicyclic) bond motifs is 1. The highest BCUT2D eigenvalue weighted by Crippen LogP contribution is 2.31. The summed E-state index contributed by atoms with van der Waals surface area (Å²) in [6.45, 7) is 5.15. The molecule has 160 valence electrons. The molecule has 32 heavy (non-hydrogen) atoms. The number of aryl methyl sites for hydroxylation is 1. The van der Waals surface area contributed by atoms with Crippen molar-refractivity contribution in [3.8, 4) is 0 Å². The third kappa shape index (κ3) is 3.87. The second-order valence-electron chi connectivity index (χ2n) is 8.26. The largest absolute Gasteiger partial charge is 0.336 e. The number of nitrogens with zero attached hydrogens (tertiary/aromatic N) is 4. The molecule has 0 aliphatic carbocycles. The summed E-state index contributed by atoms with van der Waals surface area (Å²) in [5.74, 6) is 0.00797. The van der Waals surface area contributed by atoms with Gasteiger partial charge in [0, 0.05) is 50.2 Å². The zero-order valence-electron chi connectivity index (χ0n) is 18.2. The van der Waals surface area contributed by atoms with Crippen molar-refractivity contribution in [1.82, 2.24) is 19.8 Å². The molecule has 4 aromatic rings. The number of rotatable bonds is 4. The molecule has 0 N–H and O–H groups in total. The minimum absolute atomic E-state index is 0.00797. The Bertz CT molecular complexity index is 1230. The van der Waals surface area contributed by atoms with Crippen LogP contribution in [0.4, 0.5) is 0 Å². The molecule has 0 bridgehead atoms. The molecule has 5 heteroatoms. The Balaban J connectivity index is 1.39. The average molecular weight is 423 g/mol. The lowest BCUT2D eigenvalue weighted by Crippen LogP contribution is -2.50. The Kier molecular flexibility index (Phi) is 5.65. The molecule has 0 spiro atoms. The zero-order valence-corrected chi connectivity index (χ0v) is 18.2. The molecule has 1 aliphatic heterocycles. The van der Waals surface area contributed by atoms with Crippen molar-refractivity contribution in [3.05, 3.63) is 108 Å². The van der Waals surface area contributed by atoms with Crippen LogP contribution in [0.25, 0.3) is 10.9 Å². The number of piperazine rings is 1. The molecule has 2 aromatic heterocycles. The minimum atomic E-state index is 0.00797. The van der Waals surface area contributed by atoms with E-state index in [1.54, 1.807) is 18.6 Å². The van der Waals surface area contributed by atoms with Gasteiger partial charge in [-0.15, -0.1) is 0 Å². The van der Waals surface area contributed by atoms with Gasteiger partial charge in [-0.1, -0.05) is 54.6 Å². The van der Waals surface area contributed by atoms with Crippen LogP contribution in [0.5, 0.6) is 0 Å². The van der Waals surface area contributed by atoms with Crippen molar-refractivity contribution in [2.45, 2.75) is 13.0 Å². The molecule has 0 saturated carbocycles. The van der Waals surface area contributed by atoms with E-state index in [4.69, 9.17) is 0 Å². The fourth-order valence-corrected chi connectivity index (χ4v) is 4.63. The maximum absolute atomic E-state index is 13.3. The summed E-state index contributed by atoms with van der Waals surface area (Å²) in [6, 6.07) is 23.2. The number of carbonyl (C=O) groups excluding carboxylic acids is 1.